The van der Waals surface area contributed by atoms with Gasteiger partial charge in [0.05, 0.1) is 0 Å². The van der Waals surface area contributed by atoms with E-state index in [-0.39, 0.29) is 22.9 Å². The van der Waals surface area contributed by atoms with Crippen molar-refractivity contribution in [2.24, 2.45) is 34.5 Å². The summed E-state index contributed by atoms with van der Waals surface area (Å²) in [5, 5.41) is 0. The number of hydrogen-bond acceptors (Lipinski definition) is 3. The molecule has 1 saturated heterocycles. The van der Waals surface area contributed by atoms with Gasteiger partial charge in [-0.25, -0.2) is 0 Å². The lowest BCUT2D eigenvalue weighted by atomic mass is 9.42. The zero-order valence-corrected chi connectivity index (χ0v) is 15.1. The molecule has 8 atom stereocenters. The van der Waals surface area contributed by atoms with E-state index in [1.54, 1.807) is 0 Å². The van der Waals surface area contributed by atoms with Gasteiger partial charge in [0.15, 0.2) is 6.10 Å². The highest BCUT2D eigenvalue weighted by Gasteiger charge is 2.81. The first-order chi connectivity index (χ1) is 11.3. The zero-order chi connectivity index (χ0) is 17.1. The van der Waals surface area contributed by atoms with Crippen molar-refractivity contribution in [3.8, 4) is 0 Å². The smallest absolute Gasteiger partial charge is 0.230 e. The van der Waals surface area contributed by atoms with E-state index in [2.05, 4.69) is 20.4 Å². The summed E-state index contributed by atoms with van der Waals surface area (Å²) in [6.45, 7) is 11.1. The average molecular weight is 328 g/mol. The fraction of sp³-hybridized carbons (Fsp3) is 0.810. The molecule has 0 bridgehead atoms. The molecule has 0 aromatic heterocycles. The molecule has 1 spiro atoms. The van der Waals surface area contributed by atoms with Crippen LogP contribution in [0.1, 0.15) is 59.3 Å². The molecule has 3 heteroatoms. The molecule has 24 heavy (non-hydrogen) atoms. The van der Waals surface area contributed by atoms with Crippen LogP contribution in [0.3, 0.4) is 0 Å². The number of ether oxygens (including phenoxy) is 1. The largest absolute Gasteiger partial charge is 0.352 e. The normalized spacial score (nSPS) is 58.6. The summed E-state index contributed by atoms with van der Waals surface area (Å²) in [5.74, 6) is 1.09. The van der Waals surface area contributed by atoms with Crippen LogP contribution in [0.15, 0.2) is 12.2 Å². The van der Waals surface area contributed by atoms with Crippen LogP contribution in [0, 0.1) is 34.5 Å². The fourth-order valence-electron chi connectivity index (χ4n) is 7.73. The molecule has 3 nitrogen and oxygen atoms in total. The SMILES string of the molecule is C=C1C[C@@H]2[C@@H](CC[C@]3(C)CCC[C@@H]23)[C@@]2(C)C(C)C(=O)C(=O)C3OC132. The third-order valence-electron chi connectivity index (χ3n) is 9.19. The third kappa shape index (κ3) is 1.39. The van der Waals surface area contributed by atoms with E-state index in [9.17, 15) is 9.59 Å². The van der Waals surface area contributed by atoms with Crippen molar-refractivity contribution in [3.63, 3.8) is 0 Å². The number of epoxide rings is 1. The molecule has 1 aliphatic heterocycles. The Morgan fingerprint density at radius 3 is 2.58 bits per heavy atom. The van der Waals surface area contributed by atoms with Gasteiger partial charge in [0.1, 0.15) is 5.60 Å². The lowest BCUT2D eigenvalue weighted by Gasteiger charge is -2.60. The van der Waals surface area contributed by atoms with Gasteiger partial charge in [-0.1, -0.05) is 33.8 Å². The van der Waals surface area contributed by atoms with E-state index in [0.717, 1.165) is 17.9 Å². The van der Waals surface area contributed by atoms with Crippen molar-refractivity contribution < 1.29 is 14.3 Å². The highest BCUT2D eigenvalue weighted by Crippen LogP contribution is 2.74. The Balaban J connectivity index is 1.63. The molecule has 4 aliphatic carbocycles. The zero-order valence-electron chi connectivity index (χ0n) is 15.1. The molecule has 5 rings (SSSR count). The summed E-state index contributed by atoms with van der Waals surface area (Å²) in [4.78, 5) is 25.0. The van der Waals surface area contributed by atoms with Crippen molar-refractivity contribution in [1.82, 2.24) is 0 Å². The molecule has 0 aromatic carbocycles. The summed E-state index contributed by atoms with van der Waals surface area (Å²) < 4.78 is 6.05. The molecular weight excluding hydrogens is 300 g/mol. The van der Waals surface area contributed by atoms with Crippen molar-refractivity contribution in [2.45, 2.75) is 71.0 Å². The van der Waals surface area contributed by atoms with Gasteiger partial charge in [-0.2, -0.15) is 0 Å². The van der Waals surface area contributed by atoms with Gasteiger partial charge in [-0.05, 0) is 60.8 Å². The standard InChI is InChI=1S/C21H28O3/c1-11-10-13-14-6-5-8-19(14,3)9-7-15(13)20(4)12(2)16(22)17(23)18-21(11,20)24-18/h12-15,18H,1,5-10H2,2-4H3/t12?,13-,14-,15+,18?,19-,20+,21?/m0/s1. The van der Waals surface area contributed by atoms with Crippen molar-refractivity contribution in [1.29, 1.82) is 0 Å². The van der Waals surface area contributed by atoms with Crippen LogP contribution in [0.5, 0.6) is 0 Å². The maximum atomic E-state index is 12.6. The molecule has 5 fully saturated rings. The lowest BCUT2D eigenvalue weighted by Crippen LogP contribution is -2.63. The predicted molar refractivity (Wildman–Crippen MR) is 90.3 cm³/mol. The number of rotatable bonds is 0. The number of fused-ring (bicyclic) bond motifs is 4. The number of ketones is 2. The maximum absolute atomic E-state index is 12.6. The lowest BCUT2D eigenvalue weighted by molar-refractivity contribution is -0.152. The Bertz CT molecular complexity index is 681. The quantitative estimate of drug-likeness (QED) is 0.387. The van der Waals surface area contributed by atoms with E-state index >= 15 is 0 Å². The minimum atomic E-state index is -0.537. The van der Waals surface area contributed by atoms with Gasteiger partial charge < -0.3 is 4.74 Å². The summed E-state index contributed by atoms with van der Waals surface area (Å²) in [7, 11) is 0. The first kappa shape index (κ1) is 15.3. The second-order valence-electron chi connectivity index (χ2n) is 9.74. The highest BCUT2D eigenvalue weighted by molar-refractivity contribution is 6.42. The Labute approximate surface area is 144 Å². The second kappa shape index (κ2) is 4.23. The Hall–Kier alpha value is -0.960. The van der Waals surface area contributed by atoms with Gasteiger partial charge in [-0.15, -0.1) is 0 Å². The molecule has 4 saturated carbocycles. The van der Waals surface area contributed by atoms with Crippen molar-refractivity contribution >= 4 is 11.6 Å². The molecular formula is C21H28O3. The Morgan fingerprint density at radius 1 is 1.08 bits per heavy atom. The first-order valence-electron chi connectivity index (χ1n) is 9.71. The number of Topliss-reactive ketones (excluding diaryl/α,β-unsaturated/α-hetero) is 2. The number of carbonyl (C=O) groups excluding carboxylic acids is 2. The van der Waals surface area contributed by atoms with E-state index in [4.69, 9.17) is 4.74 Å². The summed E-state index contributed by atoms with van der Waals surface area (Å²) in [6, 6.07) is 0. The van der Waals surface area contributed by atoms with Gasteiger partial charge in [0.25, 0.3) is 0 Å². The monoisotopic (exact) mass is 328 g/mol. The molecule has 5 aliphatic rings. The van der Waals surface area contributed by atoms with Gasteiger partial charge in [-0.3, -0.25) is 9.59 Å². The molecule has 0 N–H and O–H groups in total. The van der Waals surface area contributed by atoms with Gasteiger partial charge in [0.2, 0.25) is 11.6 Å². The summed E-state index contributed by atoms with van der Waals surface area (Å²) in [6.07, 6.45) is 6.90. The van der Waals surface area contributed by atoms with Gasteiger partial charge in [0, 0.05) is 11.3 Å². The molecule has 0 amide bonds. The summed E-state index contributed by atoms with van der Waals surface area (Å²) in [5.41, 5.74) is 0.779. The molecule has 1 heterocycles. The minimum Gasteiger partial charge on any atom is -0.352 e. The number of hydrogen-bond donors (Lipinski definition) is 0. The van der Waals surface area contributed by atoms with E-state index in [1.165, 1.54) is 32.1 Å². The van der Waals surface area contributed by atoms with E-state index < -0.39 is 11.7 Å². The molecule has 130 valence electrons. The second-order valence-corrected chi connectivity index (χ2v) is 9.74. The highest BCUT2D eigenvalue weighted by atomic mass is 16.6. The van der Waals surface area contributed by atoms with Crippen LogP contribution in [-0.2, 0) is 14.3 Å². The van der Waals surface area contributed by atoms with Crippen molar-refractivity contribution in [3.05, 3.63) is 12.2 Å². The molecule has 0 radical (unpaired) electrons. The predicted octanol–water partition coefficient (Wildman–Crippen LogP) is 3.71. The minimum absolute atomic E-state index is 0.205. The fourth-order valence-corrected chi connectivity index (χ4v) is 7.73. The first-order valence-corrected chi connectivity index (χ1v) is 9.71. The van der Waals surface area contributed by atoms with Crippen LogP contribution in [0.25, 0.3) is 0 Å². The van der Waals surface area contributed by atoms with Gasteiger partial charge >= 0.3 is 0 Å². The molecule has 3 unspecified atom stereocenters. The third-order valence-corrected chi connectivity index (χ3v) is 9.19. The van der Waals surface area contributed by atoms with Crippen LogP contribution in [0.2, 0.25) is 0 Å². The van der Waals surface area contributed by atoms with E-state index in [0.29, 0.717) is 17.3 Å². The van der Waals surface area contributed by atoms with Crippen LogP contribution < -0.4 is 0 Å². The number of carbonyl (C=O) groups is 2. The Morgan fingerprint density at radius 2 is 1.83 bits per heavy atom. The topological polar surface area (TPSA) is 46.7 Å². The average Bonchev–Trinajstić information content (AvgIpc) is 3.19. The van der Waals surface area contributed by atoms with Crippen LogP contribution in [-0.4, -0.2) is 23.3 Å². The molecule has 0 aromatic rings. The van der Waals surface area contributed by atoms with Crippen molar-refractivity contribution in [2.75, 3.05) is 0 Å². The van der Waals surface area contributed by atoms with Crippen LogP contribution in [0.4, 0.5) is 0 Å². The van der Waals surface area contributed by atoms with Crippen LogP contribution >= 0.6 is 0 Å². The Kier molecular flexibility index (Phi) is 2.70. The van der Waals surface area contributed by atoms with E-state index in [1.807, 2.05) is 6.92 Å². The summed E-state index contributed by atoms with van der Waals surface area (Å²) >= 11 is 0. The maximum Gasteiger partial charge on any atom is 0.230 e.